The van der Waals surface area contributed by atoms with Gasteiger partial charge in [0.1, 0.15) is 5.82 Å². The Balaban J connectivity index is 1.60. The number of carbonyl (C=O) groups is 1. The topological polar surface area (TPSA) is 66.0 Å². The Kier molecular flexibility index (Phi) is 4.72. The van der Waals surface area contributed by atoms with E-state index in [4.69, 9.17) is 0 Å². The second kappa shape index (κ2) is 7.28. The smallest absolute Gasteiger partial charge is 0.324 e. The van der Waals surface area contributed by atoms with Crippen LogP contribution < -0.4 is 16.0 Å². The van der Waals surface area contributed by atoms with Crippen molar-refractivity contribution in [2.24, 2.45) is 0 Å². The highest BCUT2D eigenvalue weighted by molar-refractivity contribution is 5.99. The average Bonchev–Trinajstić information content (AvgIpc) is 2.59. The third-order valence-corrected chi connectivity index (χ3v) is 3.46. The van der Waals surface area contributed by atoms with Crippen LogP contribution in [0.5, 0.6) is 0 Å². The minimum absolute atomic E-state index is 0.326. The van der Waals surface area contributed by atoms with Gasteiger partial charge < -0.3 is 10.6 Å². The summed E-state index contributed by atoms with van der Waals surface area (Å²) in [5.74, 6) is 0.485. The molecule has 0 radical (unpaired) electrons. The SMILES string of the molecule is Cc1ccccc1Nc1ccc(NC(=O)Nc2ccccc2)nc1. The van der Waals surface area contributed by atoms with Crippen molar-refractivity contribution < 1.29 is 4.79 Å². The van der Waals surface area contributed by atoms with E-state index >= 15 is 0 Å². The molecule has 0 saturated heterocycles. The van der Waals surface area contributed by atoms with Gasteiger partial charge in [-0.25, -0.2) is 9.78 Å². The first-order chi connectivity index (χ1) is 11.7. The number of pyridine rings is 1. The van der Waals surface area contributed by atoms with E-state index in [1.165, 1.54) is 0 Å². The number of aryl methyl sites for hydroxylation is 1. The minimum atomic E-state index is -0.326. The summed E-state index contributed by atoms with van der Waals surface area (Å²) in [5, 5.41) is 8.75. The van der Waals surface area contributed by atoms with Crippen LogP contribution in [0.3, 0.4) is 0 Å². The number of para-hydroxylation sites is 2. The first-order valence-electron chi connectivity index (χ1n) is 7.62. The second-order valence-corrected chi connectivity index (χ2v) is 5.32. The third-order valence-electron chi connectivity index (χ3n) is 3.46. The van der Waals surface area contributed by atoms with Crippen molar-refractivity contribution in [2.45, 2.75) is 6.92 Å². The molecular formula is C19H18N4O. The van der Waals surface area contributed by atoms with Crippen LogP contribution in [-0.4, -0.2) is 11.0 Å². The Morgan fingerprint density at radius 1 is 0.833 bits per heavy atom. The van der Waals surface area contributed by atoms with Gasteiger partial charge in [-0.15, -0.1) is 0 Å². The molecule has 120 valence electrons. The van der Waals surface area contributed by atoms with E-state index in [9.17, 15) is 4.79 Å². The van der Waals surface area contributed by atoms with Crippen LogP contribution in [-0.2, 0) is 0 Å². The van der Waals surface area contributed by atoms with E-state index in [-0.39, 0.29) is 6.03 Å². The van der Waals surface area contributed by atoms with Crippen molar-refractivity contribution >= 4 is 28.9 Å². The van der Waals surface area contributed by atoms with Crippen molar-refractivity contribution in [2.75, 3.05) is 16.0 Å². The molecule has 0 bridgehead atoms. The number of hydrogen-bond donors (Lipinski definition) is 3. The Bertz CT molecular complexity index is 816. The van der Waals surface area contributed by atoms with Crippen LogP contribution in [0.15, 0.2) is 72.9 Å². The van der Waals surface area contributed by atoms with Gasteiger partial charge in [0.2, 0.25) is 0 Å². The highest BCUT2D eigenvalue weighted by Crippen LogP contribution is 2.20. The number of amides is 2. The zero-order valence-electron chi connectivity index (χ0n) is 13.3. The number of nitrogens with one attached hydrogen (secondary N) is 3. The van der Waals surface area contributed by atoms with E-state index in [2.05, 4.69) is 20.9 Å². The molecule has 5 heteroatoms. The highest BCUT2D eigenvalue weighted by atomic mass is 16.2. The molecule has 2 amide bonds. The number of aromatic nitrogens is 1. The molecule has 0 aliphatic rings. The lowest BCUT2D eigenvalue weighted by atomic mass is 10.2. The van der Waals surface area contributed by atoms with E-state index in [0.29, 0.717) is 5.82 Å². The zero-order chi connectivity index (χ0) is 16.8. The number of hydrogen-bond acceptors (Lipinski definition) is 3. The average molecular weight is 318 g/mol. The van der Waals surface area contributed by atoms with E-state index in [1.54, 1.807) is 12.3 Å². The predicted octanol–water partition coefficient (Wildman–Crippen LogP) is 4.78. The van der Waals surface area contributed by atoms with Crippen molar-refractivity contribution in [3.63, 3.8) is 0 Å². The maximum Gasteiger partial charge on any atom is 0.324 e. The summed E-state index contributed by atoms with van der Waals surface area (Å²) in [4.78, 5) is 16.2. The summed E-state index contributed by atoms with van der Waals surface area (Å²) in [6.07, 6.45) is 1.69. The number of benzene rings is 2. The largest absolute Gasteiger partial charge is 0.354 e. The number of anilines is 4. The first-order valence-corrected chi connectivity index (χ1v) is 7.62. The van der Waals surface area contributed by atoms with Gasteiger partial charge in [0.05, 0.1) is 11.9 Å². The number of urea groups is 1. The standard InChI is InChI=1S/C19H18N4O/c1-14-7-5-6-10-17(14)21-16-11-12-18(20-13-16)23-19(24)22-15-8-3-2-4-9-15/h2-13,21H,1H3,(H2,20,22,23,24). The van der Waals surface area contributed by atoms with Crippen LogP contribution in [0.4, 0.5) is 27.7 Å². The van der Waals surface area contributed by atoms with Gasteiger partial charge in [-0.05, 0) is 42.8 Å². The van der Waals surface area contributed by atoms with Gasteiger partial charge in [0.25, 0.3) is 0 Å². The molecule has 0 saturated carbocycles. The summed E-state index contributed by atoms with van der Waals surface area (Å²) in [7, 11) is 0. The number of carbonyl (C=O) groups excluding carboxylic acids is 1. The molecule has 24 heavy (non-hydrogen) atoms. The Morgan fingerprint density at radius 2 is 1.58 bits per heavy atom. The Morgan fingerprint density at radius 3 is 2.29 bits per heavy atom. The van der Waals surface area contributed by atoms with Gasteiger partial charge in [-0.1, -0.05) is 36.4 Å². The lowest BCUT2D eigenvalue weighted by Gasteiger charge is -2.10. The van der Waals surface area contributed by atoms with Crippen LogP contribution in [0.25, 0.3) is 0 Å². The Labute approximate surface area is 140 Å². The highest BCUT2D eigenvalue weighted by Gasteiger charge is 2.04. The molecule has 0 fully saturated rings. The van der Waals surface area contributed by atoms with Crippen LogP contribution in [0.2, 0.25) is 0 Å². The van der Waals surface area contributed by atoms with Gasteiger partial charge in [-0.3, -0.25) is 5.32 Å². The molecule has 3 rings (SSSR count). The lowest BCUT2D eigenvalue weighted by molar-refractivity contribution is 0.262. The normalized spacial score (nSPS) is 10.0. The molecule has 1 aromatic heterocycles. The molecule has 0 unspecified atom stereocenters. The van der Waals surface area contributed by atoms with Crippen LogP contribution in [0.1, 0.15) is 5.56 Å². The van der Waals surface area contributed by atoms with Crippen molar-refractivity contribution in [3.05, 3.63) is 78.5 Å². The molecule has 3 aromatic rings. The lowest BCUT2D eigenvalue weighted by Crippen LogP contribution is -2.19. The third kappa shape index (κ3) is 4.10. The number of rotatable bonds is 4. The molecule has 3 N–H and O–H groups in total. The van der Waals surface area contributed by atoms with E-state index < -0.39 is 0 Å². The van der Waals surface area contributed by atoms with Crippen molar-refractivity contribution in [3.8, 4) is 0 Å². The summed E-state index contributed by atoms with van der Waals surface area (Å²) in [5.41, 5.74) is 3.77. The van der Waals surface area contributed by atoms with Crippen molar-refractivity contribution in [1.82, 2.24) is 4.98 Å². The fourth-order valence-electron chi connectivity index (χ4n) is 2.21. The van der Waals surface area contributed by atoms with Gasteiger partial charge in [-0.2, -0.15) is 0 Å². The first kappa shape index (κ1) is 15.6. The molecule has 0 spiro atoms. The number of nitrogens with zero attached hydrogens (tertiary/aromatic N) is 1. The predicted molar refractivity (Wildman–Crippen MR) is 97.8 cm³/mol. The monoisotopic (exact) mass is 318 g/mol. The van der Waals surface area contributed by atoms with E-state index in [0.717, 1.165) is 22.6 Å². The van der Waals surface area contributed by atoms with Gasteiger partial charge in [0.15, 0.2) is 0 Å². The quantitative estimate of drug-likeness (QED) is 0.648. The van der Waals surface area contributed by atoms with E-state index in [1.807, 2.05) is 67.6 Å². The fourth-order valence-corrected chi connectivity index (χ4v) is 2.21. The molecule has 0 aliphatic carbocycles. The van der Waals surface area contributed by atoms with Gasteiger partial charge in [0, 0.05) is 11.4 Å². The molecule has 0 atom stereocenters. The maximum atomic E-state index is 11.9. The summed E-state index contributed by atoms with van der Waals surface area (Å²) < 4.78 is 0. The second-order valence-electron chi connectivity index (χ2n) is 5.32. The minimum Gasteiger partial charge on any atom is -0.354 e. The summed E-state index contributed by atoms with van der Waals surface area (Å²) in [6.45, 7) is 2.04. The van der Waals surface area contributed by atoms with Crippen LogP contribution >= 0.6 is 0 Å². The summed E-state index contributed by atoms with van der Waals surface area (Å²) >= 11 is 0. The van der Waals surface area contributed by atoms with Crippen LogP contribution in [0, 0.1) is 6.92 Å². The fraction of sp³-hybridized carbons (Fsp3) is 0.0526. The molecule has 2 aromatic carbocycles. The summed E-state index contributed by atoms with van der Waals surface area (Å²) in [6, 6.07) is 20.6. The molecule has 0 aliphatic heterocycles. The maximum absolute atomic E-state index is 11.9. The van der Waals surface area contributed by atoms with Crippen molar-refractivity contribution in [1.29, 1.82) is 0 Å². The van der Waals surface area contributed by atoms with Gasteiger partial charge >= 0.3 is 6.03 Å². The molecule has 1 heterocycles. The zero-order valence-corrected chi connectivity index (χ0v) is 13.3. The molecular weight excluding hydrogens is 300 g/mol. The molecule has 5 nitrogen and oxygen atoms in total. The Hall–Kier alpha value is -3.34.